The van der Waals surface area contributed by atoms with Crippen molar-refractivity contribution in [3.63, 3.8) is 0 Å². The molecule has 2 aromatic rings. The van der Waals surface area contributed by atoms with E-state index in [0.717, 1.165) is 18.5 Å². The molecule has 8 nitrogen and oxygen atoms in total. The van der Waals surface area contributed by atoms with Crippen LogP contribution in [0.5, 0.6) is 0 Å². The van der Waals surface area contributed by atoms with Crippen LogP contribution in [0, 0.1) is 5.92 Å². The molecule has 1 aromatic carbocycles. The van der Waals surface area contributed by atoms with Gasteiger partial charge in [-0.2, -0.15) is 0 Å². The molecule has 0 fully saturated rings. The van der Waals surface area contributed by atoms with Gasteiger partial charge in [0, 0.05) is 38.4 Å². The molecule has 1 heterocycles. The van der Waals surface area contributed by atoms with Gasteiger partial charge in [0.15, 0.2) is 5.69 Å². The predicted molar refractivity (Wildman–Crippen MR) is 123 cm³/mol. The minimum atomic E-state index is -0.647. The van der Waals surface area contributed by atoms with Crippen molar-refractivity contribution >= 4 is 23.1 Å². The summed E-state index contributed by atoms with van der Waals surface area (Å²) in [5, 5.41) is 0. The first-order chi connectivity index (χ1) is 14.2. The number of anilines is 3. The highest BCUT2D eigenvalue weighted by Gasteiger charge is 2.25. The summed E-state index contributed by atoms with van der Waals surface area (Å²) >= 11 is 0. The highest BCUT2D eigenvalue weighted by Crippen LogP contribution is 2.23. The first-order valence-electron chi connectivity index (χ1n) is 10.4. The maximum atomic E-state index is 13.5. The molecule has 0 aliphatic rings. The lowest BCUT2D eigenvalue weighted by atomic mass is 10.1. The number of H-pyrrole nitrogens is 1. The second-order valence-electron chi connectivity index (χ2n) is 8.08. The van der Waals surface area contributed by atoms with E-state index in [1.54, 1.807) is 18.2 Å². The van der Waals surface area contributed by atoms with E-state index in [1.165, 1.54) is 9.47 Å². The van der Waals surface area contributed by atoms with Crippen molar-refractivity contribution in [3.05, 3.63) is 50.7 Å². The van der Waals surface area contributed by atoms with E-state index in [0.29, 0.717) is 31.0 Å². The molecule has 0 bridgehead atoms. The van der Waals surface area contributed by atoms with E-state index < -0.39 is 11.2 Å². The average molecular weight is 416 g/mol. The summed E-state index contributed by atoms with van der Waals surface area (Å²) in [4.78, 5) is 44.1. The number of nitrogens with zero attached hydrogens (tertiary/aromatic N) is 3. The fourth-order valence-corrected chi connectivity index (χ4v) is 3.15. The Bertz CT molecular complexity index is 991. The van der Waals surface area contributed by atoms with Crippen molar-refractivity contribution in [2.24, 2.45) is 5.92 Å². The molecule has 1 amide bonds. The summed E-state index contributed by atoms with van der Waals surface area (Å²) < 4.78 is 1.34. The van der Waals surface area contributed by atoms with E-state index in [1.807, 2.05) is 45.8 Å². The Morgan fingerprint density at radius 2 is 1.93 bits per heavy atom. The van der Waals surface area contributed by atoms with E-state index in [9.17, 15) is 14.4 Å². The number of carbonyl (C=O) groups is 1. The van der Waals surface area contributed by atoms with Crippen LogP contribution in [-0.2, 0) is 6.54 Å². The number of amides is 1. The molecule has 0 aliphatic carbocycles. The zero-order valence-corrected chi connectivity index (χ0v) is 18.6. The van der Waals surface area contributed by atoms with Gasteiger partial charge in [0.05, 0.1) is 0 Å². The Kier molecular flexibility index (Phi) is 7.86. The van der Waals surface area contributed by atoms with Crippen molar-refractivity contribution in [3.8, 4) is 0 Å². The maximum Gasteiger partial charge on any atom is 0.330 e. The molecule has 2 rings (SSSR count). The Labute approximate surface area is 177 Å². The maximum absolute atomic E-state index is 13.5. The third-order valence-electron chi connectivity index (χ3n) is 5.00. The van der Waals surface area contributed by atoms with Gasteiger partial charge in [0.1, 0.15) is 5.82 Å². The number of unbranched alkanes of at least 4 members (excludes halogenated alkanes) is 1. The first kappa shape index (κ1) is 23.3. The molecular formula is C22H33N5O3. The molecule has 0 unspecified atom stereocenters. The first-order valence-corrected chi connectivity index (χ1v) is 10.4. The molecule has 30 heavy (non-hydrogen) atoms. The largest absolute Gasteiger partial charge is 0.383 e. The number of nitrogens with two attached hydrogens (primary N) is 1. The average Bonchev–Trinajstić information content (AvgIpc) is 2.69. The summed E-state index contributed by atoms with van der Waals surface area (Å²) in [6.07, 6.45) is 2.29. The van der Waals surface area contributed by atoms with Crippen molar-refractivity contribution in [1.82, 2.24) is 9.55 Å². The normalized spacial score (nSPS) is 11.0. The third kappa shape index (κ3) is 5.31. The summed E-state index contributed by atoms with van der Waals surface area (Å²) in [6, 6.07) is 7.21. The van der Waals surface area contributed by atoms with E-state index in [2.05, 4.69) is 4.98 Å². The minimum Gasteiger partial charge on any atom is -0.383 e. The van der Waals surface area contributed by atoms with E-state index in [4.69, 9.17) is 5.73 Å². The molecule has 0 saturated heterocycles. The monoisotopic (exact) mass is 415 g/mol. The minimum absolute atomic E-state index is 0.0260. The quantitative estimate of drug-likeness (QED) is 0.655. The lowest BCUT2D eigenvalue weighted by Crippen LogP contribution is -2.42. The molecule has 0 radical (unpaired) electrons. The molecule has 3 N–H and O–H groups in total. The predicted octanol–water partition coefficient (Wildman–Crippen LogP) is 2.68. The van der Waals surface area contributed by atoms with Crippen LogP contribution in [0.3, 0.4) is 0 Å². The highest BCUT2D eigenvalue weighted by molar-refractivity contribution is 6.07. The molecule has 0 saturated carbocycles. The van der Waals surface area contributed by atoms with Crippen LogP contribution < -0.4 is 26.8 Å². The standard InChI is InChI=1S/C22H33N5O3/c1-6-7-12-27-19(23)18(20(28)24-22(27)30)26(13-11-15(2)3)21(29)16-9-8-10-17(14-16)25(4)5/h8-10,14-15H,6-7,11-13,23H2,1-5H3,(H,24,28,30). The zero-order valence-electron chi connectivity index (χ0n) is 18.6. The lowest BCUT2D eigenvalue weighted by Gasteiger charge is -2.26. The molecule has 1 aromatic heterocycles. The van der Waals surface area contributed by atoms with Gasteiger partial charge in [0.2, 0.25) is 0 Å². The fourth-order valence-electron chi connectivity index (χ4n) is 3.15. The van der Waals surface area contributed by atoms with Gasteiger partial charge >= 0.3 is 5.69 Å². The van der Waals surface area contributed by atoms with Gasteiger partial charge in [-0.25, -0.2) is 4.79 Å². The molecule has 8 heteroatoms. The van der Waals surface area contributed by atoms with Gasteiger partial charge in [-0.05, 0) is 37.0 Å². The fraction of sp³-hybridized carbons (Fsp3) is 0.500. The van der Waals surface area contributed by atoms with Gasteiger partial charge in [-0.3, -0.25) is 19.1 Å². The number of benzene rings is 1. The van der Waals surface area contributed by atoms with Crippen LogP contribution in [-0.4, -0.2) is 36.1 Å². The number of hydrogen-bond donors (Lipinski definition) is 2. The number of nitrogens with one attached hydrogen (secondary N) is 1. The molecule has 0 atom stereocenters. The Balaban J connectivity index is 2.59. The Hall–Kier alpha value is -3.03. The van der Waals surface area contributed by atoms with Crippen LogP contribution in [0.4, 0.5) is 17.2 Å². The number of rotatable bonds is 9. The van der Waals surface area contributed by atoms with Gasteiger partial charge in [-0.15, -0.1) is 0 Å². The van der Waals surface area contributed by atoms with E-state index >= 15 is 0 Å². The summed E-state index contributed by atoms with van der Waals surface area (Å²) in [5.74, 6) is 0.0232. The zero-order chi connectivity index (χ0) is 22.4. The topological polar surface area (TPSA) is 104 Å². The second kappa shape index (κ2) is 10.1. The van der Waals surface area contributed by atoms with Gasteiger partial charge < -0.3 is 15.5 Å². The van der Waals surface area contributed by atoms with Crippen molar-refractivity contribution in [2.45, 2.75) is 46.6 Å². The SMILES string of the molecule is CCCCn1c(N)c(N(CCC(C)C)C(=O)c2cccc(N(C)C)c2)c(=O)[nH]c1=O. The number of nitrogen functional groups attached to an aromatic ring is 1. The molecule has 0 spiro atoms. The lowest BCUT2D eigenvalue weighted by molar-refractivity contribution is 0.0985. The molecule has 0 aliphatic heterocycles. The van der Waals surface area contributed by atoms with Crippen LogP contribution in [0.15, 0.2) is 33.9 Å². The van der Waals surface area contributed by atoms with Crippen LogP contribution in [0.1, 0.15) is 50.4 Å². The summed E-state index contributed by atoms with van der Waals surface area (Å²) in [6.45, 7) is 6.80. The van der Waals surface area contributed by atoms with E-state index in [-0.39, 0.29) is 17.4 Å². The number of aromatic amines is 1. The molecule has 164 valence electrons. The number of carbonyl (C=O) groups excluding carboxylic acids is 1. The summed E-state index contributed by atoms with van der Waals surface area (Å²) in [7, 11) is 3.79. The van der Waals surface area contributed by atoms with Gasteiger partial charge in [0.25, 0.3) is 11.5 Å². The third-order valence-corrected chi connectivity index (χ3v) is 5.00. The van der Waals surface area contributed by atoms with Crippen LogP contribution in [0.2, 0.25) is 0 Å². The van der Waals surface area contributed by atoms with Crippen LogP contribution in [0.25, 0.3) is 0 Å². The van der Waals surface area contributed by atoms with Crippen molar-refractivity contribution in [2.75, 3.05) is 36.2 Å². The number of aromatic nitrogens is 2. The number of hydrogen-bond acceptors (Lipinski definition) is 5. The van der Waals surface area contributed by atoms with Crippen molar-refractivity contribution < 1.29 is 4.79 Å². The van der Waals surface area contributed by atoms with Gasteiger partial charge in [-0.1, -0.05) is 33.3 Å². The Morgan fingerprint density at radius 1 is 1.23 bits per heavy atom. The Morgan fingerprint density at radius 3 is 2.53 bits per heavy atom. The second-order valence-corrected chi connectivity index (χ2v) is 8.08. The highest BCUT2D eigenvalue weighted by atomic mass is 16.2. The smallest absolute Gasteiger partial charge is 0.330 e. The molecular weight excluding hydrogens is 382 g/mol. The summed E-state index contributed by atoms with van der Waals surface area (Å²) in [5.41, 5.74) is 6.43. The van der Waals surface area contributed by atoms with Crippen LogP contribution >= 0.6 is 0 Å². The van der Waals surface area contributed by atoms with Crippen molar-refractivity contribution in [1.29, 1.82) is 0 Å².